The molecule has 0 unspecified atom stereocenters. The van der Waals surface area contributed by atoms with Crippen molar-refractivity contribution in [2.75, 3.05) is 0 Å². The van der Waals surface area contributed by atoms with Crippen LogP contribution < -0.4 is 11.1 Å². The highest BCUT2D eigenvalue weighted by molar-refractivity contribution is 7.80. The minimum atomic E-state index is -0.214. The molecule has 3 nitrogen and oxygen atoms in total. The van der Waals surface area contributed by atoms with Crippen molar-refractivity contribution in [2.24, 2.45) is 11.1 Å². The van der Waals surface area contributed by atoms with E-state index in [4.69, 9.17) is 18.0 Å². The van der Waals surface area contributed by atoms with Gasteiger partial charge in [-0.05, 0) is 31.2 Å². The number of rotatable bonds is 5. The number of nitrogens with two attached hydrogens (primary N) is 1. The minimum absolute atomic E-state index is 0.0346. The summed E-state index contributed by atoms with van der Waals surface area (Å²) in [5.41, 5.74) is 7.30. The van der Waals surface area contributed by atoms with Gasteiger partial charge in [-0.1, -0.05) is 57.3 Å². The molecule has 21 heavy (non-hydrogen) atoms. The number of hydrogen-bond acceptors (Lipinski definition) is 2. The molecule has 116 valence electrons. The van der Waals surface area contributed by atoms with Crippen molar-refractivity contribution in [3.8, 4) is 0 Å². The van der Waals surface area contributed by atoms with Gasteiger partial charge in [0.1, 0.15) is 4.99 Å². The Morgan fingerprint density at radius 1 is 1.14 bits per heavy atom. The van der Waals surface area contributed by atoms with E-state index in [1.165, 1.54) is 0 Å². The molecule has 0 aliphatic rings. The van der Waals surface area contributed by atoms with E-state index in [1.807, 2.05) is 24.3 Å². The lowest BCUT2D eigenvalue weighted by Crippen LogP contribution is -2.46. The molecule has 4 heteroatoms. The Kier molecular flexibility index (Phi) is 5.51. The molecule has 0 radical (unpaired) electrons. The molecular weight excluding hydrogens is 280 g/mol. The van der Waals surface area contributed by atoms with Gasteiger partial charge in [0.25, 0.3) is 0 Å². The fourth-order valence-electron chi connectivity index (χ4n) is 2.76. The van der Waals surface area contributed by atoms with Crippen molar-refractivity contribution < 1.29 is 4.79 Å². The lowest BCUT2D eigenvalue weighted by molar-refractivity contribution is -0.122. The smallest absolute Gasteiger partial charge is 0.224 e. The van der Waals surface area contributed by atoms with Gasteiger partial charge >= 0.3 is 0 Å². The van der Waals surface area contributed by atoms with E-state index in [0.29, 0.717) is 11.4 Å². The molecular formula is C17H26N2OS. The molecule has 0 heterocycles. The number of benzene rings is 1. The van der Waals surface area contributed by atoms with Gasteiger partial charge in [-0.2, -0.15) is 0 Å². The number of carbonyl (C=O) groups excluding carboxylic acids is 1. The molecule has 0 fully saturated rings. The third-order valence-electron chi connectivity index (χ3n) is 3.05. The summed E-state index contributed by atoms with van der Waals surface area (Å²) in [4.78, 5) is 12.5. The van der Waals surface area contributed by atoms with Gasteiger partial charge in [-0.3, -0.25) is 4.79 Å². The van der Waals surface area contributed by atoms with Crippen LogP contribution in [-0.2, 0) is 11.2 Å². The van der Waals surface area contributed by atoms with Crippen molar-refractivity contribution in [3.05, 3.63) is 35.4 Å². The fourth-order valence-corrected chi connectivity index (χ4v) is 2.90. The van der Waals surface area contributed by atoms with Crippen molar-refractivity contribution in [2.45, 2.75) is 53.0 Å². The molecule has 0 atom stereocenters. The van der Waals surface area contributed by atoms with Crippen molar-refractivity contribution >= 4 is 23.1 Å². The molecule has 0 aliphatic heterocycles. The molecule has 0 aliphatic carbocycles. The average molecular weight is 306 g/mol. The number of amides is 1. The Balaban J connectivity index is 2.63. The van der Waals surface area contributed by atoms with E-state index in [9.17, 15) is 4.79 Å². The van der Waals surface area contributed by atoms with E-state index in [-0.39, 0.29) is 16.9 Å². The van der Waals surface area contributed by atoms with Crippen molar-refractivity contribution in [1.82, 2.24) is 5.32 Å². The summed E-state index contributed by atoms with van der Waals surface area (Å²) in [7, 11) is 0. The first kappa shape index (κ1) is 17.6. The van der Waals surface area contributed by atoms with Gasteiger partial charge in [0, 0.05) is 11.1 Å². The molecule has 3 N–H and O–H groups in total. The lowest BCUT2D eigenvalue weighted by Gasteiger charge is -2.33. The molecule has 0 spiro atoms. The number of carbonyl (C=O) groups is 1. The summed E-state index contributed by atoms with van der Waals surface area (Å²) in [6, 6.07) is 7.49. The molecule has 0 bridgehead atoms. The Morgan fingerprint density at radius 3 is 2.10 bits per heavy atom. The summed E-state index contributed by atoms with van der Waals surface area (Å²) >= 11 is 4.91. The molecule has 1 aromatic carbocycles. The Hall–Kier alpha value is -1.42. The maximum Gasteiger partial charge on any atom is 0.224 e. The first-order valence-electron chi connectivity index (χ1n) is 7.18. The maximum atomic E-state index is 12.2. The largest absolute Gasteiger partial charge is 0.389 e. The van der Waals surface area contributed by atoms with E-state index in [2.05, 4.69) is 39.9 Å². The Bertz CT molecular complexity index is 513. The van der Waals surface area contributed by atoms with Crippen LogP contribution in [0, 0.1) is 5.41 Å². The Morgan fingerprint density at radius 2 is 1.67 bits per heavy atom. The predicted octanol–water partition coefficient (Wildman–Crippen LogP) is 3.19. The van der Waals surface area contributed by atoms with Gasteiger partial charge in [0.2, 0.25) is 5.91 Å². The maximum absolute atomic E-state index is 12.2. The molecule has 1 rings (SSSR count). The standard InChI is InChI=1S/C17H26N2OS/c1-16(2,3)11-17(4,5)19-14(20)10-12-6-8-13(9-7-12)15(18)21/h6-9H,10-11H2,1-5H3,(H2,18,21)(H,19,20). The molecule has 0 saturated carbocycles. The zero-order valence-corrected chi connectivity index (χ0v) is 14.4. The van der Waals surface area contributed by atoms with E-state index in [1.54, 1.807) is 0 Å². The molecule has 0 aromatic heterocycles. The van der Waals surface area contributed by atoms with Crippen LogP contribution in [0.2, 0.25) is 0 Å². The first-order chi connectivity index (χ1) is 9.48. The van der Waals surface area contributed by atoms with Crippen LogP contribution in [0.25, 0.3) is 0 Å². The zero-order valence-electron chi connectivity index (χ0n) is 13.6. The zero-order chi connectivity index (χ0) is 16.3. The SMILES string of the molecule is CC(C)(C)CC(C)(C)NC(=O)Cc1ccc(C(N)=S)cc1. The topological polar surface area (TPSA) is 55.1 Å². The summed E-state index contributed by atoms with van der Waals surface area (Å²) in [5, 5.41) is 3.11. The van der Waals surface area contributed by atoms with Crippen LogP contribution in [0.1, 0.15) is 52.2 Å². The Labute approximate surface area is 133 Å². The van der Waals surface area contributed by atoms with Crippen LogP contribution in [-0.4, -0.2) is 16.4 Å². The number of nitrogens with one attached hydrogen (secondary N) is 1. The van der Waals surface area contributed by atoms with Crippen molar-refractivity contribution in [3.63, 3.8) is 0 Å². The van der Waals surface area contributed by atoms with Crippen LogP contribution in [0.15, 0.2) is 24.3 Å². The highest BCUT2D eigenvalue weighted by Crippen LogP contribution is 2.26. The third kappa shape index (κ3) is 6.71. The highest BCUT2D eigenvalue weighted by atomic mass is 32.1. The van der Waals surface area contributed by atoms with Gasteiger partial charge < -0.3 is 11.1 Å². The van der Waals surface area contributed by atoms with Crippen LogP contribution >= 0.6 is 12.2 Å². The third-order valence-corrected chi connectivity index (χ3v) is 3.29. The van der Waals surface area contributed by atoms with Gasteiger partial charge in [-0.15, -0.1) is 0 Å². The van der Waals surface area contributed by atoms with E-state index in [0.717, 1.165) is 17.5 Å². The second-order valence-corrected chi connectivity index (χ2v) is 7.85. The normalized spacial score (nSPS) is 12.0. The number of thiocarbonyl (C=S) groups is 1. The summed E-state index contributed by atoms with van der Waals surface area (Å²) in [5.74, 6) is 0.0346. The minimum Gasteiger partial charge on any atom is -0.389 e. The van der Waals surface area contributed by atoms with Gasteiger partial charge in [0.15, 0.2) is 0 Å². The lowest BCUT2D eigenvalue weighted by atomic mass is 9.81. The predicted molar refractivity (Wildman–Crippen MR) is 92.3 cm³/mol. The molecule has 1 aromatic rings. The van der Waals surface area contributed by atoms with Gasteiger partial charge in [-0.25, -0.2) is 0 Å². The molecule has 1 amide bonds. The summed E-state index contributed by atoms with van der Waals surface area (Å²) < 4.78 is 0. The van der Waals surface area contributed by atoms with E-state index < -0.39 is 0 Å². The average Bonchev–Trinajstić information content (AvgIpc) is 2.24. The summed E-state index contributed by atoms with van der Waals surface area (Å²) in [6.45, 7) is 10.7. The second kappa shape index (κ2) is 6.56. The van der Waals surface area contributed by atoms with Crippen LogP contribution in [0.4, 0.5) is 0 Å². The highest BCUT2D eigenvalue weighted by Gasteiger charge is 2.26. The number of hydrogen-bond donors (Lipinski definition) is 2. The molecule has 0 saturated heterocycles. The van der Waals surface area contributed by atoms with Crippen molar-refractivity contribution in [1.29, 1.82) is 0 Å². The second-order valence-electron chi connectivity index (χ2n) is 7.41. The monoisotopic (exact) mass is 306 g/mol. The van der Waals surface area contributed by atoms with E-state index >= 15 is 0 Å². The van der Waals surface area contributed by atoms with Gasteiger partial charge in [0.05, 0.1) is 6.42 Å². The van der Waals surface area contributed by atoms with Crippen LogP contribution in [0.5, 0.6) is 0 Å². The summed E-state index contributed by atoms with van der Waals surface area (Å²) in [6.07, 6.45) is 1.29. The van der Waals surface area contributed by atoms with Crippen LogP contribution in [0.3, 0.4) is 0 Å². The fraction of sp³-hybridized carbons (Fsp3) is 0.529. The quantitative estimate of drug-likeness (QED) is 0.821. The first-order valence-corrected chi connectivity index (χ1v) is 7.59.